The molecule has 2 aromatic carbocycles. The maximum atomic E-state index is 13.0. The van der Waals surface area contributed by atoms with E-state index in [0.29, 0.717) is 33.1 Å². The highest BCUT2D eigenvalue weighted by molar-refractivity contribution is 7.99. The van der Waals surface area contributed by atoms with E-state index in [9.17, 15) is 18.0 Å². The number of aromatic nitrogens is 3. The third-order valence-electron chi connectivity index (χ3n) is 5.13. The van der Waals surface area contributed by atoms with Crippen molar-refractivity contribution in [1.82, 2.24) is 14.8 Å². The molecule has 0 aliphatic rings. The standard InChI is InChI=1S/C24H21ClF3N5O2S/c1-15-7-8-17(25)11-20(15)30-22(34)14-36-23-32-31-21(33(23)13-19-6-3-9-35-19)12-29-18-5-2-4-16(10-18)24(26,27)28/h2-11,29H,12-14H2,1H3,(H,30,34). The molecule has 0 aliphatic carbocycles. The van der Waals surface area contributed by atoms with E-state index in [1.54, 1.807) is 34.9 Å². The first kappa shape index (κ1) is 25.6. The van der Waals surface area contributed by atoms with Crippen molar-refractivity contribution in [2.75, 3.05) is 16.4 Å². The van der Waals surface area contributed by atoms with Gasteiger partial charge in [-0.15, -0.1) is 10.2 Å². The Morgan fingerprint density at radius 2 is 1.97 bits per heavy atom. The molecule has 0 fully saturated rings. The third-order valence-corrected chi connectivity index (χ3v) is 6.34. The number of amides is 1. The average Bonchev–Trinajstić information content (AvgIpc) is 3.49. The minimum Gasteiger partial charge on any atom is -0.467 e. The summed E-state index contributed by atoms with van der Waals surface area (Å²) >= 11 is 7.20. The highest BCUT2D eigenvalue weighted by Gasteiger charge is 2.30. The second-order valence-electron chi connectivity index (χ2n) is 7.79. The van der Waals surface area contributed by atoms with Crippen molar-refractivity contribution in [1.29, 1.82) is 0 Å². The van der Waals surface area contributed by atoms with Crippen molar-refractivity contribution < 1.29 is 22.4 Å². The first-order chi connectivity index (χ1) is 17.2. The maximum Gasteiger partial charge on any atom is 0.416 e. The van der Waals surface area contributed by atoms with E-state index in [4.69, 9.17) is 16.0 Å². The van der Waals surface area contributed by atoms with Crippen LogP contribution < -0.4 is 10.6 Å². The van der Waals surface area contributed by atoms with Crippen molar-refractivity contribution in [2.45, 2.75) is 31.3 Å². The van der Waals surface area contributed by atoms with Gasteiger partial charge >= 0.3 is 6.18 Å². The van der Waals surface area contributed by atoms with Crippen molar-refractivity contribution in [3.63, 3.8) is 0 Å². The molecule has 4 rings (SSSR count). The summed E-state index contributed by atoms with van der Waals surface area (Å²) < 4.78 is 46.3. The predicted octanol–water partition coefficient (Wildman–Crippen LogP) is 6.24. The van der Waals surface area contributed by atoms with Gasteiger partial charge in [0, 0.05) is 16.4 Å². The van der Waals surface area contributed by atoms with Crippen LogP contribution in [-0.2, 0) is 24.1 Å². The molecule has 2 heterocycles. The van der Waals surface area contributed by atoms with Crippen LogP contribution in [0, 0.1) is 6.92 Å². The SMILES string of the molecule is Cc1ccc(Cl)cc1NC(=O)CSc1nnc(CNc2cccc(C(F)(F)F)c2)n1Cc1ccco1. The molecule has 0 spiro atoms. The molecule has 0 atom stereocenters. The van der Waals surface area contributed by atoms with E-state index in [-0.39, 0.29) is 24.7 Å². The molecule has 4 aromatic rings. The molecule has 0 unspecified atom stereocenters. The fourth-order valence-corrected chi connectivity index (χ4v) is 4.23. The average molecular weight is 536 g/mol. The lowest BCUT2D eigenvalue weighted by molar-refractivity contribution is -0.137. The zero-order valence-corrected chi connectivity index (χ0v) is 20.5. The van der Waals surface area contributed by atoms with Gasteiger partial charge in [-0.05, 0) is 55.0 Å². The van der Waals surface area contributed by atoms with Gasteiger partial charge in [0.15, 0.2) is 11.0 Å². The monoisotopic (exact) mass is 535 g/mol. The maximum absolute atomic E-state index is 13.0. The highest BCUT2D eigenvalue weighted by Crippen LogP contribution is 2.31. The van der Waals surface area contributed by atoms with Crippen LogP contribution in [0.1, 0.15) is 22.7 Å². The molecule has 0 saturated heterocycles. The van der Waals surface area contributed by atoms with Gasteiger partial charge in [-0.3, -0.25) is 9.36 Å². The van der Waals surface area contributed by atoms with Crippen LogP contribution in [0.3, 0.4) is 0 Å². The quantitative estimate of drug-likeness (QED) is 0.247. The Morgan fingerprint density at radius 1 is 1.14 bits per heavy atom. The molecule has 36 heavy (non-hydrogen) atoms. The fourth-order valence-electron chi connectivity index (χ4n) is 3.31. The summed E-state index contributed by atoms with van der Waals surface area (Å²) in [5.41, 5.74) is 1.04. The van der Waals surface area contributed by atoms with E-state index in [0.717, 1.165) is 17.7 Å². The number of carbonyl (C=O) groups is 1. The van der Waals surface area contributed by atoms with Gasteiger partial charge in [0.05, 0.1) is 30.7 Å². The van der Waals surface area contributed by atoms with Crippen LogP contribution in [0.5, 0.6) is 0 Å². The number of alkyl halides is 3. The normalized spacial score (nSPS) is 11.5. The molecule has 2 N–H and O–H groups in total. The number of rotatable bonds is 9. The number of thioether (sulfide) groups is 1. The summed E-state index contributed by atoms with van der Waals surface area (Å²) in [5.74, 6) is 0.915. The van der Waals surface area contributed by atoms with Crippen LogP contribution in [-0.4, -0.2) is 26.4 Å². The van der Waals surface area contributed by atoms with Crippen LogP contribution in [0.2, 0.25) is 5.02 Å². The lowest BCUT2D eigenvalue weighted by atomic mass is 10.2. The Morgan fingerprint density at radius 3 is 2.72 bits per heavy atom. The Bertz CT molecular complexity index is 1340. The first-order valence-corrected chi connectivity index (χ1v) is 12.1. The van der Waals surface area contributed by atoms with Crippen LogP contribution in [0.25, 0.3) is 0 Å². The number of aryl methyl sites for hydroxylation is 1. The zero-order valence-electron chi connectivity index (χ0n) is 19.0. The Balaban J connectivity index is 1.47. The van der Waals surface area contributed by atoms with Crippen LogP contribution in [0.4, 0.5) is 24.5 Å². The number of anilines is 2. The number of nitrogens with one attached hydrogen (secondary N) is 2. The molecule has 12 heteroatoms. The summed E-state index contributed by atoms with van der Waals surface area (Å²) in [6, 6.07) is 13.7. The van der Waals surface area contributed by atoms with E-state index < -0.39 is 11.7 Å². The number of carbonyl (C=O) groups excluding carboxylic acids is 1. The number of benzene rings is 2. The number of hydrogen-bond donors (Lipinski definition) is 2. The summed E-state index contributed by atoms with van der Waals surface area (Å²) in [7, 11) is 0. The second-order valence-corrected chi connectivity index (χ2v) is 9.17. The van der Waals surface area contributed by atoms with Crippen LogP contribution >= 0.6 is 23.4 Å². The number of furan rings is 1. The minimum atomic E-state index is -4.44. The van der Waals surface area contributed by atoms with Crippen molar-refractivity contribution in [2.24, 2.45) is 0 Å². The smallest absolute Gasteiger partial charge is 0.416 e. The summed E-state index contributed by atoms with van der Waals surface area (Å²) in [6.07, 6.45) is -2.90. The highest BCUT2D eigenvalue weighted by atomic mass is 35.5. The van der Waals surface area contributed by atoms with Crippen LogP contribution in [0.15, 0.2) is 70.4 Å². The van der Waals surface area contributed by atoms with Gasteiger partial charge in [0.25, 0.3) is 0 Å². The Kier molecular flexibility index (Phi) is 7.90. The largest absolute Gasteiger partial charge is 0.467 e. The van der Waals surface area contributed by atoms with E-state index in [1.165, 1.54) is 24.1 Å². The molecule has 2 aromatic heterocycles. The first-order valence-electron chi connectivity index (χ1n) is 10.7. The van der Waals surface area contributed by atoms with Crippen molar-refractivity contribution in [3.05, 3.63) is 88.6 Å². The Labute approximate surface area is 214 Å². The number of halogens is 4. The minimum absolute atomic E-state index is 0.0588. The van der Waals surface area contributed by atoms with Gasteiger partial charge < -0.3 is 15.1 Å². The van der Waals surface area contributed by atoms with Crippen molar-refractivity contribution in [3.8, 4) is 0 Å². The zero-order chi connectivity index (χ0) is 25.7. The molecule has 0 bridgehead atoms. The summed E-state index contributed by atoms with van der Waals surface area (Å²) in [6.45, 7) is 2.27. The number of nitrogens with zero attached hydrogens (tertiary/aromatic N) is 3. The molecular formula is C24H21ClF3N5O2S. The topological polar surface area (TPSA) is 85.0 Å². The Hall–Kier alpha value is -3.44. The van der Waals surface area contributed by atoms with E-state index in [2.05, 4.69) is 20.8 Å². The van der Waals surface area contributed by atoms with Gasteiger partial charge in [-0.1, -0.05) is 35.5 Å². The lowest BCUT2D eigenvalue weighted by Crippen LogP contribution is -2.16. The molecule has 7 nitrogen and oxygen atoms in total. The van der Waals surface area contributed by atoms with E-state index >= 15 is 0 Å². The van der Waals surface area contributed by atoms with Gasteiger partial charge in [0.1, 0.15) is 5.76 Å². The fraction of sp³-hybridized carbons (Fsp3) is 0.208. The van der Waals surface area contributed by atoms with Gasteiger partial charge in [0.2, 0.25) is 5.91 Å². The molecule has 0 radical (unpaired) electrons. The molecule has 188 valence electrons. The summed E-state index contributed by atoms with van der Waals surface area (Å²) in [4.78, 5) is 12.6. The lowest BCUT2D eigenvalue weighted by Gasteiger charge is -2.12. The third kappa shape index (κ3) is 6.61. The molecule has 0 saturated carbocycles. The predicted molar refractivity (Wildman–Crippen MR) is 132 cm³/mol. The van der Waals surface area contributed by atoms with Gasteiger partial charge in [-0.25, -0.2) is 0 Å². The summed E-state index contributed by atoms with van der Waals surface area (Å²) in [5, 5.41) is 15.1. The molecular weight excluding hydrogens is 515 g/mol. The molecule has 1 amide bonds. The van der Waals surface area contributed by atoms with E-state index in [1.807, 2.05) is 13.0 Å². The van der Waals surface area contributed by atoms with Gasteiger partial charge in [-0.2, -0.15) is 13.2 Å². The van der Waals surface area contributed by atoms with Crippen molar-refractivity contribution >= 4 is 40.6 Å². The second kappa shape index (κ2) is 11.1. The number of hydrogen-bond acceptors (Lipinski definition) is 6. The molecule has 0 aliphatic heterocycles.